The molecule has 11 heteroatoms. The Bertz CT molecular complexity index is 1140. The molecule has 2 heterocycles. The van der Waals surface area contributed by atoms with Crippen LogP contribution in [0.25, 0.3) is 0 Å². The van der Waals surface area contributed by atoms with E-state index in [0.717, 1.165) is 10.5 Å². The highest BCUT2D eigenvalue weighted by Crippen LogP contribution is 2.31. The third kappa shape index (κ3) is 5.45. The maximum atomic E-state index is 12.1. The predicted octanol–water partition coefficient (Wildman–Crippen LogP) is 4.26. The number of anilines is 2. The van der Waals surface area contributed by atoms with Crippen molar-refractivity contribution < 1.29 is 24.3 Å². The van der Waals surface area contributed by atoms with Gasteiger partial charge in [0.1, 0.15) is 17.3 Å². The van der Waals surface area contributed by atoms with E-state index >= 15 is 0 Å². The lowest BCUT2D eigenvalue weighted by Crippen LogP contribution is -2.30. The summed E-state index contributed by atoms with van der Waals surface area (Å²) in [7, 11) is 2.98. The smallest absolute Gasteiger partial charge is 0.413 e. The number of hydrogen-bond donors (Lipinski definition) is 2. The Hall–Kier alpha value is -4.41. The maximum Gasteiger partial charge on any atom is 0.413 e. The fourth-order valence-corrected chi connectivity index (χ4v) is 3.17. The lowest BCUT2D eigenvalue weighted by molar-refractivity contribution is -0.384. The third-order valence-electron chi connectivity index (χ3n) is 4.92. The molecule has 0 aliphatic heterocycles. The van der Waals surface area contributed by atoms with E-state index in [9.17, 15) is 20.0 Å². The van der Waals surface area contributed by atoms with Gasteiger partial charge in [0.05, 0.1) is 31.7 Å². The summed E-state index contributed by atoms with van der Waals surface area (Å²) < 4.78 is 10.5. The fraction of sp³-hybridized carbons (Fsp3) is 0.227. The number of hydrogen-bond acceptors (Lipinski definition) is 8. The molecule has 172 valence electrons. The molecule has 0 aliphatic carbocycles. The second-order valence-electron chi connectivity index (χ2n) is 6.99. The van der Waals surface area contributed by atoms with Gasteiger partial charge in [0, 0.05) is 30.1 Å². The molecule has 2 N–H and O–H groups in total. The average molecular weight is 453 g/mol. The van der Waals surface area contributed by atoms with E-state index in [4.69, 9.17) is 9.47 Å². The van der Waals surface area contributed by atoms with E-state index in [-0.39, 0.29) is 29.9 Å². The standard InChI is InChI=1S/C22H23N5O6/c1-14(15-5-4-10-23-12-15)24-21-18(27(30)31)8-9-20(25-21)26(22(28)29)13-16-6-7-17(32-2)11-19(16)33-3/h4-12,14H,13H2,1-3H3,(H,24,25)(H,28,29). The summed E-state index contributed by atoms with van der Waals surface area (Å²) in [4.78, 5) is 32.3. The van der Waals surface area contributed by atoms with Crippen LogP contribution in [-0.4, -0.2) is 40.3 Å². The number of carboxylic acid groups (broad SMARTS) is 1. The number of rotatable bonds is 9. The topological polar surface area (TPSA) is 140 Å². The monoisotopic (exact) mass is 453 g/mol. The van der Waals surface area contributed by atoms with E-state index in [0.29, 0.717) is 17.1 Å². The van der Waals surface area contributed by atoms with Gasteiger partial charge in [0.15, 0.2) is 0 Å². The summed E-state index contributed by atoms with van der Waals surface area (Å²) in [6.07, 6.45) is 1.98. The first-order valence-electron chi connectivity index (χ1n) is 9.87. The molecule has 1 unspecified atom stereocenters. The van der Waals surface area contributed by atoms with Gasteiger partial charge in [0.2, 0.25) is 5.82 Å². The third-order valence-corrected chi connectivity index (χ3v) is 4.92. The Morgan fingerprint density at radius 3 is 2.64 bits per heavy atom. The zero-order chi connectivity index (χ0) is 24.0. The molecule has 2 aromatic heterocycles. The van der Waals surface area contributed by atoms with Gasteiger partial charge in [-0.05, 0) is 36.8 Å². The van der Waals surface area contributed by atoms with Crippen molar-refractivity contribution in [1.82, 2.24) is 9.97 Å². The zero-order valence-electron chi connectivity index (χ0n) is 18.3. The van der Waals surface area contributed by atoms with Crippen LogP contribution in [0.4, 0.5) is 22.1 Å². The molecule has 0 saturated heterocycles. The molecule has 0 bridgehead atoms. The molecule has 1 amide bonds. The largest absolute Gasteiger partial charge is 0.497 e. The molecular formula is C22H23N5O6. The molecule has 0 fully saturated rings. The van der Waals surface area contributed by atoms with Gasteiger partial charge in [-0.25, -0.2) is 9.78 Å². The molecule has 3 rings (SSSR count). The minimum absolute atomic E-state index is 0.0202. The number of nitrogens with zero attached hydrogens (tertiary/aromatic N) is 4. The average Bonchev–Trinajstić information content (AvgIpc) is 2.82. The normalized spacial score (nSPS) is 11.4. The maximum absolute atomic E-state index is 12.1. The van der Waals surface area contributed by atoms with Crippen molar-refractivity contribution in [2.45, 2.75) is 19.5 Å². The summed E-state index contributed by atoms with van der Waals surface area (Å²) in [6.45, 7) is 1.71. The Morgan fingerprint density at radius 2 is 2.03 bits per heavy atom. The van der Waals surface area contributed by atoms with Crippen LogP contribution in [0.3, 0.4) is 0 Å². The zero-order valence-corrected chi connectivity index (χ0v) is 18.3. The molecule has 0 radical (unpaired) electrons. The summed E-state index contributed by atoms with van der Waals surface area (Å²) in [5.74, 6) is 0.960. The molecule has 0 spiro atoms. The predicted molar refractivity (Wildman–Crippen MR) is 121 cm³/mol. The van der Waals surface area contributed by atoms with Gasteiger partial charge < -0.3 is 19.9 Å². The number of amides is 1. The van der Waals surface area contributed by atoms with Crippen LogP contribution >= 0.6 is 0 Å². The second-order valence-corrected chi connectivity index (χ2v) is 6.99. The van der Waals surface area contributed by atoms with Gasteiger partial charge in [0.25, 0.3) is 0 Å². The molecule has 0 aliphatic rings. The number of benzene rings is 1. The number of pyridine rings is 2. The first-order valence-corrected chi connectivity index (χ1v) is 9.87. The van der Waals surface area contributed by atoms with Crippen molar-refractivity contribution in [1.29, 1.82) is 0 Å². The number of nitro groups is 1. The van der Waals surface area contributed by atoms with Crippen LogP contribution in [0.5, 0.6) is 11.5 Å². The van der Waals surface area contributed by atoms with Gasteiger partial charge >= 0.3 is 11.8 Å². The Labute approximate surface area is 189 Å². The van der Waals surface area contributed by atoms with E-state index < -0.39 is 11.0 Å². The van der Waals surface area contributed by atoms with Gasteiger partial charge in [-0.15, -0.1) is 0 Å². The van der Waals surface area contributed by atoms with Crippen LogP contribution in [0.2, 0.25) is 0 Å². The number of aromatic nitrogens is 2. The van der Waals surface area contributed by atoms with Crippen LogP contribution in [0.15, 0.2) is 54.9 Å². The van der Waals surface area contributed by atoms with Crippen molar-refractivity contribution in [3.63, 3.8) is 0 Å². The lowest BCUT2D eigenvalue weighted by atomic mass is 10.1. The van der Waals surface area contributed by atoms with Crippen LogP contribution < -0.4 is 19.7 Å². The van der Waals surface area contributed by atoms with Gasteiger partial charge in [-0.1, -0.05) is 6.07 Å². The quantitative estimate of drug-likeness (QED) is 0.359. The molecule has 11 nitrogen and oxygen atoms in total. The van der Waals surface area contributed by atoms with Crippen LogP contribution in [-0.2, 0) is 6.54 Å². The first-order chi connectivity index (χ1) is 15.8. The minimum atomic E-state index is -1.28. The number of nitrogens with one attached hydrogen (secondary N) is 1. The fourth-order valence-electron chi connectivity index (χ4n) is 3.17. The van der Waals surface area contributed by atoms with Crippen molar-refractivity contribution in [3.05, 3.63) is 76.1 Å². The SMILES string of the molecule is COc1ccc(CN(C(=O)O)c2ccc([N+](=O)[O-])c(NC(C)c3cccnc3)n2)c(OC)c1. The Balaban J connectivity index is 1.96. The lowest BCUT2D eigenvalue weighted by Gasteiger charge is -2.21. The van der Waals surface area contributed by atoms with Crippen molar-refractivity contribution >= 4 is 23.4 Å². The van der Waals surface area contributed by atoms with Gasteiger partial charge in [-0.3, -0.25) is 20.0 Å². The first kappa shape index (κ1) is 23.3. The molecule has 1 aromatic carbocycles. The molecular weight excluding hydrogens is 430 g/mol. The summed E-state index contributed by atoms with van der Waals surface area (Å²) >= 11 is 0. The highest BCUT2D eigenvalue weighted by molar-refractivity contribution is 5.85. The van der Waals surface area contributed by atoms with Crippen molar-refractivity contribution in [2.75, 3.05) is 24.4 Å². The molecule has 0 saturated carbocycles. The van der Waals surface area contributed by atoms with Crippen molar-refractivity contribution in [2.24, 2.45) is 0 Å². The summed E-state index contributed by atoms with van der Waals surface area (Å²) in [6, 6.07) is 10.7. The highest BCUT2D eigenvalue weighted by atomic mass is 16.6. The Kier molecular flexibility index (Phi) is 7.24. The Morgan fingerprint density at radius 1 is 1.24 bits per heavy atom. The summed E-state index contributed by atoms with van der Waals surface area (Å²) in [5, 5.41) is 24.4. The molecule has 1 atom stereocenters. The molecule has 33 heavy (non-hydrogen) atoms. The van der Waals surface area contributed by atoms with Crippen LogP contribution in [0.1, 0.15) is 24.1 Å². The van der Waals surface area contributed by atoms with E-state index in [1.165, 1.54) is 26.4 Å². The van der Waals surface area contributed by atoms with E-state index in [1.54, 1.807) is 43.6 Å². The number of carbonyl (C=O) groups is 1. The minimum Gasteiger partial charge on any atom is -0.497 e. The molecule has 3 aromatic rings. The number of methoxy groups -OCH3 is 2. The highest BCUT2D eigenvalue weighted by Gasteiger charge is 2.24. The number of ether oxygens (including phenoxy) is 2. The van der Waals surface area contributed by atoms with Gasteiger partial charge in [-0.2, -0.15) is 0 Å². The second kappa shape index (κ2) is 10.3. The van der Waals surface area contributed by atoms with E-state index in [2.05, 4.69) is 15.3 Å². The van der Waals surface area contributed by atoms with Crippen LogP contribution in [0, 0.1) is 10.1 Å². The summed E-state index contributed by atoms with van der Waals surface area (Å²) in [5.41, 5.74) is 1.08. The van der Waals surface area contributed by atoms with E-state index in [1.807, 2.05) is 6.07 Å². The van der Waals surface area contributed by atoms with Crippen molar-refractivity contribution in [3.8, 4) is 11.5 Å².